The molecule has 3 heterocycles. The van der Waals surface area contributed by atoms with E-state index in [0.29, 0.717) is 0 Å². The van der Waals surface area contributed by atoms with Crippen LogP contribution in [0.1, 0.15) is 0 Å². The number of hydrogen-bond acceptors (Lipinski definition) is 0. The first-order valence-electron chi connectivity index (χ1n) is 18.2. The molecule has 0 saturated carbocycles. The molecule has 0 N–H and O–H groups in total. The highest BCUT2D eigenvalue weighted by Crippen LogP contribution is 2.41. The van der Waals surface area contributed by atoms with E-state index in [4.69, 9.17) is 0 Å². The highest BCUT2D eigenvalue weighted by atomic mass is 15.0. The third-order valence-corrected chi connectivity index (χ3v) is 10.8. The molecule has 53 heavy (non-hydrogen) atoms. The van der Waals surface area contributed by atoms with Crippen LogP contribution in [0.2, 0.25) is 0 Å². The summed E-state index contributed by atoms with van der Waals surface area (Å²) in [6.45, 7) is 0. The van der Waals surface area contributed by atoms with E-state index in [1.807, 2.05) is 0 Å². The Morgan fingerprint density at radius 3 is 1.51 bits per heavy atom. The number of para-hydroxylation sites is 3. The van der Waals surface area contributed by atoms with Crippen LogP contribution in [0, 0.1) is 0 Å². The van der Waals surface area contributed by atoms with Crippen LogP contribution in [0.15, 0.2) is 200 Å². The van der Waals surface area contributed by atoms with Crippen molar-refractivity contribution in [3.63, 3.8) is 0 Å². The van der Waals surface area contributed by atoms with Crippen LogP contribution >= 0.6 is 0 Å². The second-order valence-corrected chi connectivity index (χ2v) is 13.8. The number of fused-ring (bicyclic) bond motifs is 8. The molecule has 0 bridgehead atoms. The molecular weight excluding hydrogens is 643 g/mol. The molecule has 0 amide bonds. The van der Waals surface area contributed by atoms with E-state index in [-0.39, 0.29) is 0 Å². The Morgan fingerprint density at radius 2 is 0.792 bits per heavy atom. The van der Waals surface area contributed by atoms with Crippen LogP contribution in [0.3, 0.4) is 0 Å². The largest absolute Gasteiger partial charge is 0.317 e. The lowest BCUT2D eigenvalue weighted by atomic mass is 10.0. The molecule has 8 aromatic carbocycles. The maximum atomic E-state index is 2.46. The minimum absolute atomic E-state index is 1.12. The maximum absolute atomic E-state index is 2.46. The molecule has 11 rings (SSSR count). The van der Waals surface area contributed by atoms with Gasteiger partial charge in [-0.05, 0) is 89.0 Å². The normalized spacial score (nSPS) is 11.8. The van der Waals surface area contributed by atoms with Crippen molar-refractivity contribution in [3.05, 3.63) is 200 Å². The van der Waals surface area contributed by atoms with Gasteiger partial charge in [-0.1, -0.05) is 127 Å². The van der Waals surface area contributed by atoms with Gasteiger partial charge in [0.25, 0.3) is 0 Å². The number of hydrogen-bond donors (Lipinski definition) is 0. The molecule has 3 aromatic heterocycles. The van der Waals surface area contributed by atoms with Crippen molar-refractivity contribution in [1.82, 2.24) is 13.7 Å². The lowest BCUT2D eigenvalue weighted by Crippen LogP contribution is -2.00. The molecular formula is C50H33N3. The van der Waals surface area contributed by atoms with Crippen molar-refractivity contribution < 1.29 is 0 Å². The maximum Gasteiger partial charge on any atom is 0.0548 e. The molecule has 3 heteroatoms. The molecule has 0 aliphatic heterocycles. The summed E-state index contributed by atoms with van der Waals surface area (Å²) in [5, 5.41) is 6.25. The van der Waals surface area contributed by atoms with Crippen molar-refractivity contribution in [2.75, 3.05) is 0 Å². The third-order valence-electron chi connectivity index (χ3n) is 10.8. The van der Waals surface area contributed by atoms with E-state index in [1.165, 1.54) is 76.8 Å². The zero-order chi connectivity index (χ0) is 34.9. The second kappa shape index (κ2) is 11.7. The van der Waals surface area contributed by atoms with Gasteiger partial charge in [-0.3, -0.25) is 0 Å². The molecule has 0 radical (unpaired) electrons. The van der Waals surface area contributed by atoms with E-state index in [0.717, 1.165) is 17.1 Å². The molecule has 0 fully saturated rings. The van der Waals surface area contributed by atoms with E-state index < -0.39 is 0 Å². The van der Waals surface area contributed by atoms with Gasteiger partial charge in [-0.15, -0.1) is 0 Å². The number of rotatable bonds is 5. The topological polar surface area (TPSA) is 14.8 Å². The fourth-order valence-corrected chi connectivity index (χ4v) is 8.49. The van der Waals surface area contributed by atoms with Crippen LogP contribution in [-0.2, 0) is 0 Å². The molecule has 0 aliphatic carbocycles. The van der Waals surface area contributed by atoms with Crippen molar-refractivity contribution in [3.8, 4) is 39.3 Å². The van der Waals surface area contributed by atoms with Crippen LogP contribution < -0.4 is 0 Å². The minimum atomic E-state index is 1.12. The minimum Gasteiger partial charge on any atom is -0.317 e. The standard InChI is InChI=1S/C50H33N3/c1-4-14-34(15-5-1)36-24-25-42-41-20-10-12-22-46(41)53(49(42)32-36)40-31-37(35-16-6-2-7-17-35)30-39(33-40)52-47-23-13-11-21-43(47)50-44-28-29-51(38-18-8-3-9-19-38)45(44)26-27-48(50)52/h1-33H. The number of nitrogens with zero attached hydrogens (tertiary/aromatic N) is 3. The molecule has 3 nitrogen and oxygen atoms in total. The Balaban J connectivity index is 1.22. The summed E-state index contributed by atoms with van der Waals surface area (Å²) in [6.07, 6.45) is 2.20. The van der Waals surface area contributed by atoms with Gasteiger partial charge in [-0.2, -0.15) is 0 Å². The molecule has 0 saturated heterocycles. The van der Waals surface area contributed by atoms with E-state index in [2.05, 4.69) is 214 Å². The third kappa shape index (κ3) is 4.61. The first-order valence-corrected chi connectivity index (χ1v) is 18.2. The Bertz CT molecular complexity index is 3150. The summed E-state index contributed by atoms with van der Waals surface area (Å²) >= 11 is 0. The lowest BCUT2D eigenvalue weighted by molar-refractivity contribution is 1.13. The fourth-order valence-electron chi connectivity index (χ4n) is 8.49. The van der Waals surface area contributed by atoms with Gasteiger partial charge in [0.15, 0.2) is 0 Å². The van der Waals surface area contributed by atoms with E-state index >= 15 is 0 Å². The monoisotopic (exact) mass is 675 g/mol. The lowest BCUT2D eigenvalue weighted by Gasteiger charge is -2.16. The average molecular weight is 676 g/mol. The van der Waals surface area contributed by atoms with Crippen LogP contribution in [-0.4, -0.2) is 13.7 Å². The molecule has 0 unspecified atom stereocenters. The Kier molecular flexibility index (Phi) is 6.55. The summed E-state index contributed by atoms with van der Waals surface area (Å²) in [6, 6.07) is 70.5. The second-order valence-electron chi connectivity index (χ2n) is 13.8. The predicted octanol–water partition coefficient (Wildman–Crippen LogP) is 13.2. The fraction of sp³-hybridized carbons (Fsp3) is 0. The Labute approximate surface area is 306 Å². The summed E-state index contributed by atoms with van der Waals surface area (Å²) in [4.78, 5) is 0. The van der Waals surface area contributed by atoms with Crippen LogP contribution in [0.5, 0.6) is 0 Å². The quantitative estimate of drug-likeness (QED) is 0.172. The van der Waals surface area contributed by atoms with E-state index in [1.54, 1.807) is 0 Å². The number of benzene rings is 8. The summed E-state index contributed by atoms with van der Waals surface area (Å²) in [5.74, 6) is 0. The van der Waals surface area contributed by atoms with Crippen molar-refractivity contribution in [2.24, 2.45) is 0 Å². The van der Waals surface area contributed by atoms with Gasteiger partial charge >= 0.3 is 0 Å². The summed E-state index contributed by atoms with van der Waals surface area (Å²) in [7, 11) is 0. The Morgan fingerprint density at radius 1 is 0.264 bits per heavy atom. The van der Waals surface area contributed by atoms with Crippen LogP contribution in [0.25, 0.3) is 93.8 Å². The molecule has 248 valence electrons. The highest BCUT2D eigenvalue weighted by molar-refractivity contribution is 6.21. The van der Waals surface area contributed by atoms with Gasteiger partial charge in [-0.25, -0.2) is 0 Å². The highest BCUT2D eigenvalue weighted by Gasteiger charge is 2.20. The molecule has 0 atom stereocenters. The van der Waals surface area contributed by atoms with Gasteiger partial charge in [0, 0.05) is 50.2 Å². The molecule has 11 aromatic rings. The zero-order valence-corrected chi connectivity index (χ0v) is 28.9. The summed E-state index contributed by atoms with van der Waals surface area (Å²) < 4.78 is 7.21. The van der Waals surface area contributed by atoms with Gasteiger partial charge in [0.05, 0.1) is 27.6 Å². The van der Waals surface area contributed by atoms with E-state index in [9.17, 15) is 0 Å². The molecule has 0 spiro atoms. The smallest absolute Gasteiger partial charge is 0.0548 e. The van der Waals surface area contributed by atoms with Gasteiger partial charge in [0.2, 0.25) is 0 Å². The summed E-state index contributed by atoms with van der Waals surface area (Å²) in [5.41, 5.74) is 14.1. The van der Waals surface area contributed by atoms with Crippen molar-refractivity contribution in [1.29, 1.82) is 0 Å². The predicted molar refractivity (Wildman–Crippen MR) is 223 cm³/mol. The first-order chi connectivity index (χ1) is 26.3. The first kappa shape index (κ1) is 29.6. The van der Waals surface area contributed by atoms with Crippen molar-refractivity contribution in [2.45, 2.75) is 0 Å². The SMILES string of the molecule is c1ccc(-c2cc(-n3c4ccccc4c4ccc(-c5ccccc5)cc43)cc(-n3c4ccccc4c4c5ccn(-c6ccccc6)c5ccc43)c2)cc1. The average Bonchev–Trinajstić information content (AvgIpc) is 3.91. The number of aromatic nitrogens is 3. The zero-order valence-electron chi connectivity index (χ0n) is 28.9. The van der Waals surface area contributed by atoms with Gasteiger partial charge < -0.3 is 13.7 Å². The van der Waals surface area contributed by atoms with Gasteiger partial charge in [0.1, 0.15) is 0 Å². The van der Waals surface area contributed by atoms with Crippen LogP contribution in [0.4, 0.5) is 0 Å². The molecule has 0 aliphatic rings. The Hall–Kier alpha value is -7.10. The van der Waals surface area contributed by atoms with Crippen molar-refractivity contribution >= 4 is 54.5 Å².